The number of benzene rings is 1. The molecule has 7 nitrogen and oxygen atoms in total. The standard InChI is InChI=1S/C19H25F2N3O4/c1-4-6-11-23(5-2)15(25)12-24-16(26)19(3,22-18(24)27)13-7-9-14(10-8-13)28-17(20)21/h7-10,17H,4-6,11-12H2,1-3H3,(H,22,27)/t19-/m0/s1. The van der Waals surface area contributed by atoms with E-state index in [0.29, 0.717) is 18.7 Å². The van der Waals surface area contributed by atoms with Gasteiger partial charge in [-0.3, -0.25) is 14.5 Å². The van der Waals surface area contributed by atoms with Gasteiger partial charge in [0.25, 0.3) is 5.91 Å². The minimum atomic E-state index is -2.95. The maximum atomic E-state index is 12.9. The highest BCUT2D eigenvalue weighted by Gasteiger charge is 2.49. The molecule has 1 saturated heterocycles. The van der Waals surface area contributed by atoms with Gasteiger partial charge >= 0.3 is 12.6 Å². The molecule has 0 unspecified atom stereocenters. The monoisotopic (exact) mass is 397 g/mol. The Hall–Kier alpha value is -2.71. The van der Waals surface area contributed by atoms with Gasteiger partial charge < -0.3 is 15.0 Å². The molecule has 0 radical (unpaired) electrons. The van der Waals surface area contributed by atoms with Crippen molar-refractivity contribution in [1.82, 2.24) is 15.1 Å². The molecule has 1 aliphatic heterocycles. The average Bonchev–Trinajstić information content (AvgIpc) is 2.86. The molecule has 2 rings (SSSR count). The maximum absolute atomic E-state index is 12.9. The van der Waals surface area contributed by atoms with Gasteiger partial charge in [-0.1, -0.05) is 25.5 Å². The van der Waals surface area contributed by atoms with E-state index in [0.717, 1.165) is 17.7 Å². The number of unbranched alkanes of at least 4 members (excludes halogenated alkanes) is 1. The fourth-order valence-corrected chi connectivity index (χ4v) is 3.05. The zero-order valence-electron chi connectivity index (χ0n) is 16.2. The average molecular weight is 397 g/mol. The molecule has 1 N–H and O–H groups in total. The second-order valence-electron chi connectivity index (χ2n) is 6.68. The Bertz CT molecular complexity index is 726. The van der Waals surface area contributed by atoms with Crippen molar-refractivity contribution in [3.8, 4) is 5.75 Å². The van der Waals surface area contributed by atoms with Gasteiger partial charge in [-0.05, 0) is 38.0 Å². The van der Waals surface area contributed by atoms with E-state index < -0.39 is 24.1 Å². The lowest BCUT2D eigenvalue weighted by molar-refractivity contribution is -0.138. The molecule has 1 aromatic rings. The SMILES string of the molecule is CCCCN(CC)C(=O)CN1C(=O)N[C@@](C)(c2ccc(OC(F)F)cc2)C1=O. The molecule has 9 heteroatoms. The van der Waals surface area contributed by atoms with Crippen LogP contribution in [0.1, 0.15) is 39.2 Å². The summed E-state index contributed by atoms with van der Waals surface area (Å²) in [5, 5.41) is 2.59. The highest BCUT2D eigenvalue weighted by Crippen LogP contribution is 2.30. The van der Waals surface area contributed by atoms with E-state index in [1.807, 2.05) is 13.8 Å². The van der Waals surface area contributed by atoms with E-state index >= 15 is 0 Å². The van der Waals surface area contributed by atoms with E-state index in [1.165, 1.54) is 31.2 Å². The molecule has 154 valence electrons. The Kier molecular flexibility index (Phi) is 6.93. The number of nitrogens with zero attached hydrogens (tertiary/aromatic N) is 2. The molecular formula is C19H25F2N3O4. The predicted octanol–water partition coefficient (Wildman–Crippen LogP) is 2.70. The molecular weight excluding hydrogens is 372 g/mol. The van der Waals surface area contributed by atoms with E-state index in [9.17, 15) is 23.2 Å². The first-order valence-corrected chi connectivity index (χ1v) is 9.20. The van der Waals surface area contributed by atoms with E-state index in [2.05, 4.69) is 10.1 Å². The minimum Gasteiger partial charge on any atom is -0.435 e. The number of halogens is 2. The molecule has 1 heterocycles. The second-order valence-corrected chi connectivity index (χ2v) is 6.68. The van der Waals surface area contributed by atoms with E-state index in [4.69, 9.17) is 0 Å². The number of hydrogen-bond donors (Lipinski definition) is 1. The Balaban J connectivity index is 2.14. The number of nitrogens with one attached hydrogen (secondary N) is 1. The first-order valence-electron chi connectivity index (χ1n) is 9.20. The molecule has 1 aromatic carbocycles. The molecule has 1 atom stereocenters. The van der Waals surface area contributed by atoms with Crippen molar-refractivity contribution < 1.29 is 27.9 Å². The van der Waals surface area contributed by atoms with Crippen molar-refractivity contribution in [2.75, 3.05) is 19.6 Å². The van der Waals surface area contributed by atoms with Crippen LogP contribution >= 0.6 is 0 Å². The predicted molar refractivity (Wildman–Crippen MR) is 97.8 cm³/mol. The third-order valence-electron chi connectivity index (χ3n) is 4.74. The van der Waals surface area contributed by atoms with Crippen molar-refractivity contribution in [3.05, 3.63) is 29.8 Å². The summed E-state index contributed by atoms with van der Waals surface area (Å²) in [4.78, 5) is 40.2. The highest BCUT2D eigenvalue weighted by molar-refractivity contribution is 6.09. The number of urea groups is 1. The Morgan fingerprint density at radius 3 is 2.43 bits per heavy atom. The maximum Gasteiger partial charge on any atom is 0.387 e. The van der Waals surface area contributed by atoms with Crippen LogP contribution in [0.3, 0.4) is 0 Å². The molecule has 28 heavy (non-hydrogen) atoms. The number of amides is 4. The third kappa shape index (κ3) is 4.58. The Morgan fingerprint density at radius 1 is 1.25 bits per heavy atom. The number of ether oxygens (including phenoxy) is 1. The van der Waals surface area contributed by atoms with Gasteiger partial charge in [0.05, 0.1) is 0 Å². The third-order valence-corrected chi connectivity index (χ3v) is 4.74. The highest BCUT2D eigenvalue weighted by atomic mass is 19.3. The molecule has 4 amide bonds. The van der Waals surface area contributed by atoms with Gasteiger partial charge in [-0.15, -0.1) is 0 Å². The largest absolute Gasteiger partial charge is 0.435 e. The van der Waals surface area contributed by atoms with Gasteiger partial charge in [0, 0.05) is 13.1 Å². The molecule has 0 spiro atoms. The van der Waals surface area contributed by atoms with Crippen LogP contribution in [0.2, 0.25) is 0 Å². The van der Waals surface area contributed by atoms with E-state index in [1.54, 1.807) is 4.90 Å². The van der Waals surface area contributed by atoms with Crippen molar-refractivity contribution in [3.63, 3.8) is 0 Å². The first kappa shape index (κ1) is 21.6. The van der Waals surface area contributed by atoms with Gasteiger partial charge in [0.2, 0.25) is 5.91 Å². The summed E-state index contributed by atoms with van der Waals surface area (Å²) in [6, 6.07) is 4.79. The minimum absolute atomic E-state index is 0.0549. The number of imide groups is 1. The topological polar surface area (TPSA) is 79.0 Å². The number of alkyl halides is 2. The number of hydrogen-bond acceptors (Lipinski definition) is 4. The molecule has 0 aliphatic carbocycles. The quantitative estimate of drug-likeness (QED) is 0.650. The summed E-state index contributed by atoms with van der Waals surface area (Å²) in [5.41, 5.74) is -0.984. The zero-order chi connectivity index (χ0) is 20.9. The fraction of sp³-hybridized carbons (Fsp3) is 0.526. The van der Waals surface area contributed by atoms with Gasteiger partial charge in [-0.2, -0.15) is 8.78 Å². The van der Waals surface area contributed by atoms with Crippen molar-refractivity contribution >= 4 is 17.8 Å². The van der Waals surface area contributed by atoms with Crippen molar-refractivity contribution in [2.45, 2.75) is 45.8 Å². The summed E-state index contributed by atoms with van der Waals surface area (Å²) in [5.74, 6) is -0.926. The van der Waals surface area contributed by atoms with Gasteiger partial charge in [0.15, 0.2) is 0 Å². The number of likely N-dealkylation sites (N-methyl/N-ethyl adjacent to an activating group) is 1. The van der Waals surface area contributed by atoms with Crippen LogP contribution in [0.25, 0.3) is 0 Å². The summed E-state index contributed by atoms with van der Waals surface area (Å²) < 4.78 is 28.9. The lowest BCUT2D eigenvalue weighted by Crippen LogP contribution is -2.44. The summed E-state index contributed by atoms with van der Waals surface area (Å²) >= 11 is 0. The lowest BCUT2D eigenvalue weighted by Gasteiger charge is -2.24. The number of rotatable bonds is 9. The first-order chi connectivity index (χ1) is 13.2. The van der Waals surface area contributed by atoms with Gasteiger partial charge in [0.1, 0.15) is 17.8 Å². The van der Waals surface area contributed by atoms with Crippen molar-refractivity contribution in [2.24, 2.45) is 0 Å². The van der Waals surface area contributed by atoms with E-state index in [-0.39, 0.29) is 18.2 Å². The molecule has 1 aliphatic rings. The fourth-order valence-electron chi connectivity index (χ4n) is 3.05. The molecule has 0 aromatic heterocycles. The number of carbonyl (C=O) groups is 3. The Morgan fingerprint density at radius 2 is 1.89 bits per heavy atom. The Labute approximate surface area is 162 Å². The van der Waals surface area contributed by atoms with Crippen LogP contribution in [-0.4, -0.2) is 53.9 Å². The van der Waals surface area contributed by atoms with Crippen LogP contribution in [0.15, 0.2) is 24.3 Å². The smallest absolute Gasteiger partial charge is 0.387 e. The summed E-state index contributed by atoms with van der Waals surface area (Å²) in [6.45, 7) is 3.12. The molecule has 1 fully saturated rings. The van der Waals surface area contributed by atoms with Gasteiger partial charge in [-0.25, -0.2) is 4.79 Å². The van der Waals surface area contributed by atoms with Crippen LogP contribution in [0.4, 0.5) is 13.6 Å². The second kappa shape index (κ2) is 8.99. The lowest BCUT2D eigenvalue weighted by atomic mass is 9.92. The molecule has 0 saturated carbocycles. The van der Waals surface area contributed by atoms with Crippen LogP contribution in [0.5, 0.6) is 5.75 Å². The van der Waals surface area contributed by atoms with Crippen molar-refractivity contribution in [1.29, 1.82) is 0 Å². The normalized spacial score (nSPS) is 19.1. The van der Waals surface area contributed by atoms with Crippen LogP contribution in [0, 0.1) is 0 Å². The molecule has 0 bridgehead atoms. The number of carbonyl (C=O) groups excluding carboxylic acids is 3. The summed E-state index contributed by atoms with van der Waals surface area (Å²) in [7, 11) is 0. The van der Waals surface area contributed by atoms with Crippen LogP contribution in [-0.2, 0) is 15.1 Å². The van der Waals surface area contributed by atoms with Crippen LogP contribution < -0.4 is 10.1 Å². The zero-order valence-corrected chi connectivity index (χ0v) is 16.2. The summed E-state index contributed by atoms with van der Waals surface area (Å²) in [6.07, 6.45) is 1.76.